The van der Waals surface area contributed by atoms with E-state index < -0.39 is 5.97 Å². The molecular weight excluding hydrogens is 264 g/mol. The number of benzene rings is 1. The summed E-state index contributed by atoms with van der Waals surface area (Å²) < 4.78 is 0. The van der Waals surface area contributed by atoms with Crippen LogP contribution in [0.5, 0.6) is 0 Å². The summed E-state index contributed by atoms with van der Waals surface area (Å²) in [6.07, 6.45) is 2.22. The van der Waals surface area contributed by atoms with Gasteiger partial charge < -0.3 is 10.1 Å². The van der Waals surface area contributed by atoms with Crippen molar-refractivity contribution < 1.29 is 9.90 Å². The van der Waals surface area contributed by atoms with E-state index in [4.69, 9.17) is 5.11 Å². The number of fused-ring (bicyclic) bond motifs is 1. The third-order valence-electron chi connectivity index (χ3n) is 4.66. The van der Waals surface area contributed by atoms with Gasteiger partial charge >= 0.3 is 5.97 Å². The third-order valence-corrected chi connectivity index (χ3v) is 4.66. The number of hydrogen-bond acceptors (Lipinski definition) is 2. The van der Waals surface area contributed by atoms with E-state index in [1.54, 1.807) is 0 Å². The molecule has 3 rings (SSSR count). The minimum absolute atomic E-state index is 0.0660. The number of nitrogens with one attached hydrogen (secondary N) is 1. The number of aromatic nitrogens is 1. The Morgan fingerprint density at radius 3 is 3.00 bits per heavy atom. The molecule has 0 aliphatic carbocycles. The van der Waals surface area contributed by atoms with Crippen LogP contribution in [0.2, 0.25) is 0 Å². The molecule has 0 radical (unpaired) electrons. The molecule has 1 aromatic heterocycles. The molecule has 1 saturated heterocycles. The average molecular weight is 286 g/mol. The predicted molar refractivity (Wildman–Crippen MR) is 83.1 cm³/mol. The predicted octanol–water partition coefficient (Wildman–Crippen LogP) is 3.10. The van der Waals surface area contributed by atoms with Crippen molar-refractivity contribution in [1.82, 2.24) is 9.88 Å². The highest BCUT2D eigenvalue weighted by molar-refractivity contribution is 5.79. The van der Waals surface area contributed by atoms with E-state index in [-0.39, 0.29) is 17.8 Å². The van der Waals surface area contributed by atoms with Crippen molar-refractivity contribution in [1.29, 1.82) is 0 Å². The Hall–Kier alpha value is -1.81. The monoisotopic (exact) mass is 286 g/mol. The van der Waals surface area contributed by atoms with Gasteiger partial charge in [-0.1, -0.05) is 19.9 Å². The first-order valence-corrected chi connectivity index (χ1v) is 7.44. The summed E-state index contributed by atoms with van der Waals surface area (Å²) in [4.78, 5) is 16.6. The summed E-state index contributed by atoms with van der Waals surface area (Å²) in [5.74, 6) is -0.463. The van der Waals surface area contributed by atoms with Crippen LogP contribution < -0.4 is 0 Å². The highest BCUT2D eigenvalue weighted by atomic mass is 16.4. The first-order chi connectivity index (χ1) is 9.94. The van der Waals surface area contributed by atoms with Gasteiger partial charge in [0.25, 0.3) is 0 Å². The fraction of sp³-hybridized carbons (Fsp3) is 0.471. The second-order valence-corrected chi connectivity index (χ2v) is 6.85. The van der Waals surface area contributed by atoms with Crippen molar-refractivity contribution in [2.24, 2.45) is 11.3 Å². The van der Waals surface area contributed by atoms with Crippen LogP contribution in [0.15, 0.2) is 30.5 Å². The molecule has 1 aromatic carbocycles. The number of aliphatic carboxylic acids is 1. The van der Waals surface area contributed by atoms with Gasteiger partial charge in [-0.2, -0.15) is 0 Å². The minimum atomic E-state index is -0.691. The molecule has 2 N–H and O–H groups in total. The van der Waals surface area contributed by atoms with Gasteiger partial charge in [-0.15, -0.1) is 0 Å². The molecule has 0 amide bonds. The topological polar surface area (TPSA) is 56.3 Å². The van der Waals surface area contributed by atoms with Crippen LogP contribution in [0.3, 0.4) is 0 Å². The maximum Gasteiger partial charge on any atom is 0.303 e. The van der Waals surface area contributed by atoms with E-state index >= 15 is 0 Å². The molecule has 112 valence electrons. The van der Waals surface area contributed by atoms with E-state index in [1.165, 1.54) is 10.9 Å². The first kappa shape index (κ1) is 14.1. The highest BCUT2D eigenvalue weighted by Crippen LogP contribution is 2.38. The van der Waals surface area contributed by atoms with Gasteiger partial charge in [0.15, 0.2) is 0 Å². The van der Waals surface area contributed by atoms with E-state index in [0.717, 1.165) is 25.2 Å². The standard InChI is InChI=1S/C17H22N2O2/c1-17(2)11-19(10-14(17)8-16(20)21)9-12-3-4-15-13(7-12)5-6-18-15/h3-7,14,18H,8-11H2,1-2H3,(H,20,21). The van der Waals surface area contributed by atoms with Gasteiger partial charge in [-0.25, -0.2) is 0 Å². The Morgan fingerprint density at radius 2 is 2.24 bits per heavy atom. The molecule has 0 spiro atoms. The van der Waals surface area contributed by atoms with Crippen molar-refractivity contribution in [3.8, 4) is 0 Å². The number of carboxylic acids is 1. The number of likely N-dealkylation sites (tertiary alicyclic amines) is 1. The first-order valence-electron chi connectivity index (χ1n) is 7.44. The van der Waals surface area contributed by atoms with E-state index in [1.807, 2.05) is 6.20 Å². The Kier molecular flexibility index (Phi) is 3.49. The summed E-state index contributed by atoms with van der Waals surface area (Å²) in [5, 5.41) is 10.3. The second kappa shape index (κ2) is 5.19. The molecule has 2 aromatic rings. The zero-order valence-electron chi connectivity index (χ0n) is 12.6. The summed E-state index contributed by atoms with van der Waals surface area (Å²) in [7, 11) is 0. The normalized spacial score (nSPS) is 21.9. The van der Waals surface area contributed by atoms with Crippen LogP contribution in [0.4, 0.5) is 0 Å². The number of carbonyl (C=O) groups is 1. The van der Waals surface area contributed by atoms with Crippen LogP contribution in [0.1, 0.15) is 25.8 Å². The number of aromatic amines is 1. The van der Waals surface area contributed by atoms with Gasteiger partial charge in [0.05, 0.1) is 0 Å². The molecule has 1 aliphatic rings. The summed E-state index contributed by atoms with van der Waals surface area (Å²) in [6.45, 7) is 7.06. The Bertz CT molecular complexity index is 660. The van der Waals surface area contributed by atoms with Crippen LogP contribution in [0.25, 0.3) is 10.9 Å². The van der Waals surface area contributed by atoms with Crippen molar-refractivity contribution in [2.45, 2.75) is 26.8 Å². The van der Waals surface area contributed by atoms with Crippen molar-refractivity contribution >= 4 is 16.9 Å². The van der Waals surface area contributed by atoms with E-state index in [2.05, 4.69) is 48.0 Å². The zero-order chi connectivity index (χ0) is 15.0. The molecule has 1 fully saturated rings. The van der Waals surface area contributed by atoms with Gasteiger partial charge in [0, 0.05) is 37.8 Å². The lowest BCUT2D eigenvalue weighted by Gasteiger charge is -2.24. The number of hydrogen-bond donors (Lipinski definition) is 2. The Balaban J connectivity index is 1.72. The van der Waals surface area contributed by atoms with Gasteiger partial charge in [-0.05, 0) is 40.5 Å². The molecule has 21 heavy (non-hydrogen) atoms. The fourth-order valence-electron chi connectivity index (χ4n) is 3.46. The fourth-order valence-corrected chi connectivity index (χ4v) is 3.46. The molecule has 4 heteroatoms. The van der Waals surface area contributed by atoms with Crippen molar-refractivity contribution in [2.75, 3.05) is 13.1 Å². The third kappa shape index (κ3) is 2.95. The minimum Gasteiger partial charge on any atom is -0.481 e. The van der Waals surface area contributed by atoms with Crippen LogP contribution in [0, 0.1) is 11.3 Å². The molecule has 2 heterocycles. The molecule has 4 nitrogen and oxygen atoms in total. The Labute approximate surface area is 124 Å². The van der Waals surface area contributed by atoms with Crippen LogP contribution in [-0.4, -0.2) is 34.0 Å². The molecule has 1 atom stereocenters. The van der Waals surface area contributed by atoms with E-state index in [0.29, 0.717) is 0 Å². The van der Waals surface area contributed by atoms with Crippen LogP contribution in [-0.2, 0) is 11.3 Å². The highest BCUT2D eigenvalue weighted by Gasteiger charge is 2.40. The summed E-state index contributed by atoms with van der Waals surface area (Å²) in [6, 6.07) is 8.56. The maximum atomic E-state index is 11.0. The van der Waals surface area contributed by atoms with E-state index in [9.17, 15) is 4.79 Å². The maximum absolute atomic E-state index is 11.0. The quantitative estimate of drug-likeness (QED) is 0.908. The number of nitrogens with zero attached hydrogens (tertiary/aromatic N) is 1. The lowest BCUT2D eigenvalue weighted by Crippen LogP contribution is -2.24. The molecule has 1 unspecified atom stereocenters. The second-order valence-electron chi connectivity index (χ2n) is 6.85. The van der Waals surface area contributed by atoms with Crippen molar-refractivity contribution in [3.05, 3.63) is 36.0 Å². The van der Waals surface area contributed by atoms with Gasteiger partial charge in [-0.3, -0.25) is 9.69 Å². The SMILES string of the molecule is CC1(C)CN(Cc2ccc3[nH]ccc3c2)CC1CC(=O)O. The average Bonchev–Trinajstić information content (AvgIpc) is 2.93. The largest absolute Gasteiger partial charge is 0.481 e. The zero-order valence-corrected chi connectivity index (χ0v) is 12.6. The van der Waals surface area contributed by atoms with Gasteiger partial charge in [0.2, 0.25) is 0 Å². The lowest BCUT2D eigenvalue weighted by atomic mass is 9.80. The number of carboxylic acid groups (broad SMARTS) is 1. The smallest absolute Gasteiger partial charge is 0.303 e. The van der Waals surface area contributed by atoms with Crippen LogP contribution >= 0.6 is 0 Å². The van der Waals surface area contributed by atoms with Crippen molar-refractivity contribution in [3.63, 3.8) is 0 Å². The number of rotatable bonds is 4. The van der Waals surface area contributed by atoms with Gasteiger partial charge in [0.1, 0.15) is 0 Å². The molecule has 1 aliphatic heterocycles. The molecule has 0 bridgehead atoms. The number of H-pyrrole nitrogens is 1. The molecule has 0 saturated carbocycles. The summed E-state index contributed by atoms with van der Waals surface area (Å²) in [5.41, 5.74) is 2.51. The lowest BCUT2D eigenvalue weighted by molar-refractivity contribution is -0.138. The Morgan fingerprint density at radius 1 is 1.43 bits per heavy atom. The summed E-state index contributed by atoms with van der Waals surface area (Å²) >= 11 is 0. The molecular formula is C17H22N2O2.